The van der Waals surface area contributed by atoms with Crippen molar-refractivity contribution in [2.45, 2.75) is 39.0 Å². The predicted molar refractivity (Wildman–Crippen MR) is 96.1 cm³/mol. The van der Waals surface area contributed by atoms with Gasteiger partial charge in [-0.05, 0) is 55.4 Å². The van der Waals surface area contributed by atoms with Crippen molar-refractivity contribution in [1.82, 2.24) is 4.90 Å². The number of thioether (sulfide) groups is 1. The van der Waals surface area contributed by atoms with Crippen LogP contribution in [0, 0.1) is 13.8 Å². The molecular weight excluding hydrogens is 310 g/mol. The third-order valence-corrected chi connectivity index (χ3v) is 5.08. The van der Waals surface area contributed by atoms with Gasteiger partial charge in [-0.25, -0.2) is 0 Å². The quantitative estimate of drug-likeness (QED) is 0.263. The van der Waals surface area contributed by atoms with E-state index in [1.807, 2.05) is 37.7 Å². The first-order valence-electron chi connectivity index (χ1n) is 7.86. The molecule has 6 heteroatoms. The van der Waals surface area contributed by atoms with Gasteiger partial charge in [0.15, 0.2) is 5.84 Å². The summed E-state index contributed by atoms with van der Waals surface area (Å²) in [6.07, 6.45) is 4.29. The molecule has 5 nitrogen and oxygen atoms in total. The van der Waals surface area contributed by atoms with Crippen LogP contribution in [-0.4, -0.2) is 34.5 Å². The van der Waals surface area contributed by atoms with E-state index in [4.69, 9.17) is 15.7 Å². The first kappa shape index (κ1) is 17.5. The van der Waals surface area contributed by atoms with Gasteiger partial charge in [0.05, 0.1) is 12.0 Å². The van der Waals surface area contributed by atoms with Crippen molar-refractivity contribution >= 4 is 17.6 Å². The van der Waals surface area contributed by atoms with Gasteiger partial charge in [-0.1, -0.05) is 12.1 Å². The number of nitrogens with two attached hydrogens (primary N) is 1. The molecule has 0 bridgehead atoms. The molecule has 1 heterocycles. The maximum atomic E-state index is 8.78. The lowest BCUT2D eigenvalue weighted by Crippen LogP contribution is -2.26. The van der Waals surface area contributed by atoms with Crippen LogP contribution < -0.4 is 10.5 Å². The summed E-state index contributed by atoms with van der Waals surface area (Å²) in [4.78, 5) is 2.37. The minimum absolute atomic E-state index is 0.117. The molecule has 1 unspecified atom stereocenters. The lowest BCUT2D eigenvalue weighted by Gasteiger charge is -2.23. The normalized spacial score (nSPS) is 17.8. The predicted octanol–water partition coefficient (Wildman–Crippen LogP) is 3.42. The van der Waals surface area contributed by atoms with Crippen LogP contribution in [0.3, 0.4) is 0 Å². The Kier molecular flexibility index (Phi) is 6.21. The summed E-state index contributed by atoms with van der Waals surface area (Å²) in [5, 5.41) is 14.6. The van der Waals surface area contributed by atoms with Gasteiger partial charge >= 0.3 is 0 Å². The summed E-state index contributed by atoms with van der Waals surface area (Å²) in [6.45, 7) is 7.84. The summed E-state index contributed by atoms with van der Waals surface area (Å²) in [6, 6.07) is 3.76. The smallest absolute Gasteiger partial charge is 0.170 e. The van der Waals surface area contributed by atoms with Crippen LogP contribution in [0.4, 0.5) is 0 Å². The van der Waals surface area contributed by atoms with Gasteiger partial charge in [-0.2, -0.15) is 0 Å². The van der Waals surface area contributed by atoms with Crippen molar-refractivity contribution in [3.05, 3.63) is 40.4 Å². The van der Waals surface area contributed by atoms with Gasteiger partial charge in [0.2, 0.25) is 0 Å². The Labute approximate surface area is 142 Å². The van der Waals surface area contributed by atoms with Crippen LogP contribution in [0.5, 0.6) is 5.75 Å². The summed E-state index contributed by atoms with van der Waals surface area (Å²) in [5.74, 6) is 1.00. The van der Waals surface area contributed by atoms with E-state index in [1.165, 1.54) is 0 Å². The second-order valence-corrected chi connectivity index (χ2v) is 6.74. The molecule has 0 aliphatic carbocycles. The Morgan fingerprint density at radius 1 is 1.39 bits per heavy atom. The van der Waals surface area contributed by atoms with Crippen LogP contribution in [-0.2, 0) is 0 Å². The molecule has 0 fully saturated rings. The van der Waals surface area contributed by atoms with Crippen LogP contribution in [0.1, 0.15) is 36.5 Å². The average molecular weight is 335 g/mol. The number of benzene rings is 1. The minimum atomic E-state index is 0.117. The van der Waals surface area contributed by atoms with Gasteiger partial charge in [0, 0.05) is 18.3 Å². The molecule has 1 aliphatic heterocycles. The number of hydrogen-bond donors (Lipinski definition) is 2. The number of ether oxygens (including phenoxy) is 1. The fourth-order valence-electron chi connectivity index (χ4n) is 2.73. The van der Waals surface area contributed by atoms with Crippen molar-refractivity contribution < 1.29 is 9.94 Å². The van der Waals surface area contributed by atoms with E-state index in [9.17, 15) is 0 Å². The highest BCUT2D eigenvalue weighted by Crippen LogP contribution is 2.28. The number of rotatable bonds is 7. The Balaban J connectivity index is 1.90. The van der Waals surface area contributed by atoms with E-state index >= 15 is 0 Å². The van der Waals surface area contributed by atoms with Crippen LogP contribution in [0.2, 0.25) is 0 Å². The summed E-state index contributed by atoms with van der Waals surface area (Å²) in [5.41, 5.74) is 8.34. The van der Waals surface area contributed by atoms with Crippen molar-refractivity contribution in [1.29, 1.82) is 0 Å². The molecule has 3 N–H and O–H groups in total. The molecule has 126 valence electrons. The van der Waals surface area contributed by atoms with Crippen molar-refractivity contribution in [3.8, 4) is 5.75 Å². The SMILES string of the molecule is CCC1SC=CN1CCCOc1c(C)cc(C(N)=NO)cc1C. The Hall–Kier alpha value is -1.82. The maximum Gasteiger partial charge on any atom is 0.170 e. The first-order chi connectivity index (χ1) is 11.1. The number of hydrogen-bond acceptors (Lipinski definition) is 5. The largest absolute Gasteiger partial charge is 0.493 e. The highest BCUT2D eigenvalue weighted by atomic mass is 32.2. The highest BCUT2D eigenvalue weighted by molar-refractivity contribution is 8.02. The summed E-state index contributed by atoms with van der Waals surface area (Å²) in [7, 11) is 0. The van der Waals surface area contributed by atoms with Gasteiger partial charge in [-0.3, -0.25) is 0 Å². The maximum absolute atomic E-state index is 8.78. The lowest BCUT2D eigenvalue weighted by atomic mass is 10.1. The molecule has 1 aromatic rings. The van der Waals surface area contributed by atoms with Crippen molar-refractivity contribution in [2.75, 3.05) is 13.2 Å². The van der Waals surface area contributed by atoms with Crippen LogP contribution >= 0.6 is 11.8 Å². The molecule has 1 atom stereocenters. The molecule has 1 aliphatic rings. The summed E-state index contributed by atoms with van der Waals surface area (Å²) >= 11 is 1.88. The standard InChI is InChI=1S/C17H25N3O2S/c1-4-15-20(7-9-23-15)6-5-8-22-16-12(2)10-14(11-13(16)3)17(18)19-21/h7,9-11,15,21H,4-6,8H2,1-3H3,(H2,18,19). The second-order valence-electron chi connectivity index (χ2n) is 5.65. The monoisotopic (exact) mass is 335 g/mol. The van der Waals surface area contributed by atoms with Crippen molar-refractivity contribution in [3.63, 3.8) is 0 Å². The molecule has 0 aromatic heterocycles. The average Bonchev–Trinajstić information content (AvgIpc) is 2.99. The second kappa shape index (κ2) is 8.15. The van der Waals surface area contributed by atoms with Gasteiger partial charge in [0.1, 0.15) is 5.75 Å². The van der Waals surface area contributed by atoms with Gasteiger partial charge < -0.3 is 20.6 Å². The molecule has 0 saturated carbocycles. The number of oxime groups is 1. The number of amidine groups is 1. The molecule has 1 aromatic carbocycles. The zero-order valence-electron chi connectivity index (χ0n) is 14.0. The molecular formula is C17H25N3O2S. The molecule has 0 amide bonds. The fraction of sp³-hybridized carbons (Fsp3) is 0.471. The number of aryl methyl sites for hydroxylation is 2. The lowest BCUT2D eigenvalue weighted by molar-refractivity contribution is 0.268. The third kappa shape index (κ3) is 4.34. The van der Waals surface area contributed by atoms with E-state index in [-0.39, 0.29) is 5.84 Å². The molecule has 23 heavy (non-hydrogen) atoms. The molecule has 0 spiro atoms. The summed E-state index contributed by atoms with van der Waals surface area (Å²) < 4.78 is 5.96. The van der Waals surface area contributed by atoms with E-state index < -0.39 is 0 Å². The highest BCUT2D eigenvalue weighted by Gasteiger charge is 2.17. The molecule has 0 radical (unpaired) electrons. The van der Waals surface area contributed by atoms with Crippen LogP contribution in [0.15, 0.2) is 28.9 Å². The van der Waals surface area contributed by atoms with E-state index in [2.05, 4.69) is 28.6 Å². The number of nitrogens with zero attached hydrogens (tertiary/aromatic N) is 2. The van der Waals surface area contributed by atoms with Crippen LogP contribution in [0.25, 0.3) is 0 Å². The van der Waals surface area contributed by atoms with E-state index in [1.54, 1.807) is 0 Å². The zero-order valence-corrected chi connectivity index (χ0v) is 14.8. The van der Waals surface area contributed by atoms with Gasteiger partial charge in [-0.15, -0.1) is 11.8 Å². The van der Waals surface area contributed by atoms with Gasteiger partial charge in [0.25, 0.3) is 0 Å². The van der Waals surface area contributed by atoms with E-state index in [0.717, 1.165) is 36.3 Å². The minimum Gasteiger partial charge on any atom is -0.493 e. The Bertz CT molecular complexity index is 578. The Morgan fingerprint density at radius 2 is 2.09 bits per heavy atom. The third-order valence-electron chi connectivity index (χ3n) is 3.88. The molecule has 2 rings (SSSR count). The first-order valence-corrected chi connectivity index (χ1v) is 8.81. The van der Waals surface area contributed by atoms with Crippen molar-refractivity contribution in [2.24, 2.45) is 10.9 Å². The molecule has 0 saturated heterocycles. The zero-order chi connectivity index (χ0) is 16.8. The Morgan fingerprint density at radius 3 is 2.70 bits per heavy atom. The van der Waals surface area contributed by atoms with E-state index in [0.29, 0.717) is 17.5 Å². The fourth-order valence-corrected chi connectivity index (χ4v) is 3.66. The topological polar surface area (TPSA) is 71.1 Å².